The van der Waals surface area contributed by atoms with Gasteiger partial charge in [0.15, 0.2) is 11.6 Å². The Morgan fingerprint density at radius 1 is 1.10 bits per heavy atom. The van der Waals surface area contributed by atoms with Gasteiger partial charge in [-0.3, -0.25) is 0 Å². The largest absolute Gasteiger partial charge is 0.494 e. The van der Waals surface area contributed by atoms with Gasteiger partial charge in [0.25, 0.3) is 0 Å². The summed E-state index contributed by atoms with van der Waals surface area (Å²) in [5.74, 6) is 0.664. The monoisotopic (exact) mass is 416 g/mol. The van der Waals surface area contributed by atoms with E-state index in [1.165, 1.54) is 13.2 Å². The number of methoxy groups -OCH3 is 1. The van der Waals surface area contributed by atoms with Crippen LogP contribution in [0.2, 0.25) is 0 Å². The van der Waals surface area contributed by atoms with Crippen molar-refractivity contribution in [1.29, 1.82) is 0 Å². The third kappa shape index (κ3) is 3.77. The maximum Gasteiger partial charge on any atom is 0.165 e. The molecule has 21 heavy (non-hydrogen) atoms. The van der Waals surface area contributed by atoms with Gasteiger partial charge in [0.1, 0.15) is 5.75 Å². The van der Waals surface area contributed by atoms with E-state index < -0.39 is 0 Å². The molecule has 5 heteroatoms. The number of benzene rings is 2. The molecule has 0 amide bonds. The number of hydrogen-bond donors (Lipinski definition) is 0. The summed E-state index contributed by atoms with van der Waals surface area (Å²) in [6.07, 6.45) is 0. The second-order valence-electron chi connectivity index (χ2n) is 4.38. The van der Waals surface area contributed by atoms with E-state index in [1.54, 1.807) is 6.07 Å². The van der Waals surface area contributed by atoms with Gasteiger partial charge in [-0.05, 0) is 58.2 Å². The summed E-state index contributed by atoms with van der Waals surface area (Å²) < 4.78 is 25.1. The Morgan fingerprint density at radius 2 is 1.71 bits per heavy atom. The van der Waals surface area contributed by atoms with Gasteiger partial charge in [0.2, 0.25) is 0 Å². The van der Waals surface area contributed by atoms with E-state index in [2.05, 4.69) is 31.9 Å². The molecule has 0 aliphatic heterocycles. The molecular weight excluding hydrogens is 403 g/mol. The predicted octanol–water partition coefficient (Wildman–Crippen LogP) is 5.48. The van der Waals surface area contributed by atoms with Crippen molar-refractivity contribution in [2.24, 2.45) is 0 Å². The van der Waals surface area contributed by atoms with Gasteiger partial charge in [0, 0.05) is 0 Å². The van der Waals surface area contributed by atoms with E-state index in [4.69, 9.17) is 9.47 Å². The van der Waals surface area contributed by atoms with E-state index in [1.807, 2.05) is 31.2 Å². The summed E-state index contributed by atoms with van der Waals surface area (Å²) in [5, 5.41) is 0. The van der Waals surface area contributed by atoms with Crippen LogP contribution < -0.4 is 9.47 Å². The SMILES string of the molecule is CCOc1ccc(C(Br)c2ccc(OC)c(F)c2)cc1Br. The molecule has 2 aromatic rings. The van der Waals surface area contributed by atoms with Crippen LogP contribution in [0.5, 0.6) is 11.5 Å². The van der Waals surface area contributed by atoms with Crippen LogP contribution in [0.4, 0.5) is 4.39 Å². The zero-order valence-electron chi connectivity index (χ0n) is 11.7. The quantitative estimate of drug-likeness (QED) is 0.599. The molecule has 1 unspecified atom stereocenters. The number of ether oxygens (including phenoxy) is 2. The Hall–Kier alpha value is -1.07. The molecule has 2 aromatic carbocycles. The summed E-state index contributed by atoms with van der Waals surface area (Å²) in [6.45, 7) is 2.55. The van der Waals surface area contributed by atoms with Crippen molar-refractivity contribution in [3.8, 4) is 11.5 Å². The molecule has 0 saturated heterocycles. The van der Waals surface area contributed by atoms with E-state index in [0.29, 0.717) is 6.61 Å². The first-order valence-electron chi connectivity index (χ1n) is 6.46. The Kier molecular flexibility index (Phi) is 5.65. The highest BCUT2D eigenvalue weighted by molar-refractivity contribution is 9.10. The lowest BCUT2D eigenvalue weighted by atomic mass is 10.0. The molecule has 1 atom stereocenters. The molecular formula is C16H15Br2FO2. The van der Waals surface area contributed by atoms with Crippen LogP contribution >= 0.6 is 31.9 Å². The minimum absolute atomic E-state index is 0.107. The molecule has 0 bridgehead atoms. The van der Waals surface area contributed by atoms with Gasteiger partial charge in [-0.2, -0.15) is 0 Å². The smallest absolute Gasteiger partial charge is 0.165 e. The van der Waals surface area contributed by atoms with Crippen molar-refractivity contribution in [2.45, 2.75) is 11.8 Å². The van der Waals surface area contributed by atoms with Crippen molar-refractivity contribution in [3.05, 3.63) is 57.8 Å². The van der Waals surface area contributed by atoms with Crippen molar-refractivity contribution in [1.82, 2.24) is 0 Å². The third-order valence-corrected chi connectivity index (χ3v) is 4.69. The van der Waals surface area contributed by atoms with E-state index in [0.717, 1.165) is 21.3 Å². The highest BCUT2D eigenvalue weighted by Crippen LogP contribution is 2.36. The number of halogens is 3. The van der Waals surface area contributed by atoms with Crippen molar-refractivity contribution >= 4 is 31.9 Å². The molecule has 0 N–H and O–H groups in total. The summed E-state index contributed by atoms with van der Waals surface area (Å²) in [7, 11) is 1.45. The van der Waals surface area contributed by atoms with Gasteiger partial charge in [-0.25, -0.2) is 4.39 Å². The first kappa shape index (κ1) is 16.3. The summed E-state index contributed by atoms with van der Waals surface area (Å²) >= 11 is 7.09. The Morgan fingerprint density at radius 3 is 2.24 bits per heavy atom. The molecule has 0 spiro atoms. The van der Waals surface area contributed by atoms with E-state index >= 15 is 0 Å². The van der Waals surface area contributed by atoms with Crippen molar-refractivity contribution < 1.29 is 13.9 Å². The highest BCUT2D eigenvalue weighted by atomic mass is 79.9. The van der Waals surface area contributed by atoms with Crippen LogP contribution in [-0.2, 0) is 0 Å². The lowest BCUT2D eigenvalue weighted by Gasteiger charge is -2.14. The first-order valence-corrected chi connectivity index (χ1v) is 8.17. The van der Waals surface area contributed by atoms with Gasteiger partial charge in [-0.1, -0.05) is 28.1 Å². The average Bonchev–Trinajstić information content (AvgIpc) is 2.48. The van der Waals surface area contributed by atoms with Crippen molar-refractivity contribution in [3.63, 3.8) is 0 Å². The van der Waals surface area contributed by atoms with Gasteiger partial charge < -0.3 is 9.47 Å². The molecule has 0 saturated carbocycles. The van der Waals surface area contributed by atoms with Gasteiger partial charge >= 0.3 is 0 Å². The Labute approximate surface area is 140 Å². The Balaban J connectivity index is 2.29. The van der Waals surface area contributed by atoms with Gasteiger partial charge in [0.05, 0.1) is 23.0 Å². The topological polar surface area (TPSA) is 18.5 Å². The van der Waals surface area contributed by atoms with Crippen molar-refractivity contribution in [2.75, 3.05) is 13.7 Å². The fourth-order valence-electron chi connectivity index (χ4n) is 1.98. The summed E-state index contributed by atoms with van der Waals surface area (Å²) in [4.78, 5) is -0.107. The second kappa shape index (κ2) is 7.27. The standard InChI is InChI=1S/C16H15Br2FO2/c1-3-21-14-6-4-10(8-12(14)17)16(18)11-5-7-15(20-2)13(19)9-11/h4-9,16H,3H2,1-2H3. The maximum absolute atomic E-state index is 13.8. The minimum Gasteiger partial charge on any atom is -0.494 e. The maximum atomic E-state index is 13.8. The lowest BCUT2D eigenvalue weighted by Crippen LogP contribution is -1.97. The first-order chi connectivity index (χ1) is 10.1. The van der Waals surface area contributed by atoms with E-state index in [9.17, 15) is 4.39 Å². The average molecular weight is 418 g/mol. The van der Waals surface area contributed by atoms with Crippen LogP contribution in [0, 0.1) is 5.82 Å². The molecule has 0 aliphatic carbocycles. The fraction of sp³-hybridized carbons (Fsp3) is 0.250. The zero-order chi connectivity index (χ0) is 15.4. The van der Waals surface area contributed by atoms with E-state index in [-0.39, 0.29) is 16.4 Å². The van der Waals surface area contributed by atoms with Crippen LogP contribution in [0.1, 0.15) is 22.9 Å². The molecule has 0 aromatic heterocycles. The molecule has 0 fully saturated rings. The normalized spacial score (nSPS) is 12.0. The highest BCUT2D eigenvalue weighted by Gasteiger charge is 2.14. The number of hydrogen-bond acceptors (Lipinski definition) is 2. The van der Waals surface area contributed by atoms with Crippen LogP contribution in [0.25, 0.3) is 0 Å². The van der Waals surface area contributed by atoms with Crippen LogP contribution in [-0.4, -0.2) is 13.7 Å². The third-order valence-electron chi connectivity index (χ3n) is 3.02. The summed E-state index contributed by atoms with van der Waals surface area (Å²) in [6, 6.07) is 10.8. The number of rotatable bonds is 5. The minimum atomic E-state index is -0.371. The molecule has 0 heterocycles. The molecule has 2 rings (SSSR count). The Bertz CT molecular complexity index is 632. The van der Waals surface area contributed by atoms with Crippen LogP contribution in [0.3, 0.4) is 0 Å². The summed E-state index contributed by atoms with van der Waals surface area (Å²) in [5.41, 5.74) is 1.83. The zero-order valence-corrected chi connectivity index (χ0v) is 14.9. The molecule has 2 nitrogen and oxygen atoms in total. The molecule has 0 radical (unpaired) electrons. The second-order valence-corrected chi connectivity index (χ2v) is 6.15. The fourth-order valence-corrected chi connectivity index (χ4v) is 3.06. The molecule has 0 aliphatic rings. The lowest BCUT2D eigenvalue weighted by molar-refractivity contribution is 0.338. The van der Waals surface area contributed by atoms with Crippen LogP contribution in [0.15, 0.2) is 40.9 Å². The van der Waals surface area contributed by atoms with Gasteiger partial charge in [-0.15, -0.1) is 0 Å². The molecule has 112 valence electrons. The predicted molar refractivity (Wildman–Crippen MR) is 89.0 cm³/mol. The number of alkyl halides is 1.